The van der Waals surface area contributed by atoms with Crippen molar-refractivity contribution in [2.75, 3.05) is 41.5 Å². The molecule has 6 heteroatoms. The summed E-state index contributed by atoms with van der Waals surface area (Å²) in [4.78, 5) is 14.9. The van der Waals surface area contributed by atoms with Crippen molar-refractivity contribution in [1.29, 1.82) is 0 Å². The van der Waals surface area contributed by atoms with E-state index in [9.17, 15) is 9.90 Å². The minimum Gasteiger partial charge on any atom is -0.496 e. The maximum Gasteiger partial charge on any atom is 0.314 e. The Hall–Kier alpha value is -2.73. The van der Waals surface area contributed by atoms with Crippen LogP contribution in [0.2, 0.25) is 0 Å². The maximum absolute atomic E-state index is 12.6. The SMILES string of the molecule is COc1ccc(CCN(C)CCCC(C(=O)O)(c2ccc(OC)c(OC)c2)C(C)C)cc1C. The zero-order valence-electron chi connectivity index (χ0n) is 21.1. The molecule has 2 aromatic rings. The molecule has 0 aliphatic carbocycles. The average molecular weight is 458 g/mol. The lowest BCUT2D eigenvalue weighted by Crippen LogP contribution is -2.41. The number of aliphatic carboxylic acids is 1. The van der Waals surface area contributed by atoms with Crippen molar-refractivity contribution in [1.82, 2.24) is 4.90 Å². The first-order valence-corrected chi connectivity index (χ1v) is 11.5. The van der Waals surface area contributed by atoms with E-state index < -0.39 is 11.4 Å². The number of carboxylic acids is 1. The maximum atomic E-state index is 12.6. The molecule has 0 aliphatic heterocycles. The summed E-state index contributed by atoms with van der Waals surface area (Å²) in [6, 6.07) is 11.7. The van der Waals surface area contributed by atoms with Gasteiger partial charge in [0.1, 0.15) is 5.75 Å². The molecule has 1 atom stereocenters. The first-order valence-electron chi connectivity index (χ1n) is 11.5. The fourth-order valence-corrected chi connectivity index (χ4v) is 4.51. The molecule has 0 aliphatic rings. The van der Waals surface area contributed by atoms with Crippen LogP contribution in [0.3, 0.4) is 0 Å². The molecule has 2 rings (SSSR count). The number of hydrogen-bond acceptors (Lipinski definition) is 5. The molecule has 1 N–H and O–H groups in total. The van der Waals surface area contributed by atoms with Gasteiger partial charge < -0.3 is 24.2 Å². The molecule has 6 nitrogen and oxygen atoms in total. The van der Waals surface area contributed by atoms with Gasteiger partial charge in [0.15, 0.2) is 11.5 Å². The van der Waals surface area contributed by atoms with E-state index >= 15 is 0 Å². The minimum atomic E-state index is -0.993. The molecule has 0 saturated carbocycles. The molecule has 0 aromatic heterocycles. The van der Waals surface area contributed by atoms with E-state index in [-0.39, 0.29) is 5.92 Å². The Labute approximate surface area is 198 Å². The fraction of sp³-hybridized carbons (Fsp3) is 0.519. The number of aryl methyl sites for hydroxylation is 1. The molecule has 0 heterocycles. The molecular formula is C27H39NO5. The number of likely N-dealkylation sites (N-methyl/N-ethyl adjacent to an activating group) is 1. The molecular weight excluding hydrogens is 418 g/mol. The van der Waals surface area contributed by atoms with Crippen LogP contribution in [0.1, 0.15) is 43.4 Å². The molecule has 33 heavy (non-hydrogen) atoms. The topological polar surface area (TPSA) is 68.2 Å². The van der Waals surface area contributed by atoms with Gasteiger partial charge in [-0.15, -0.1) is 0 Å². The minimum absolute atomic E-state index is 0.0827. The van der Waals surface area contributed by atoms with Gasteiger partial charge in [0, 0.05) is 6.54 Å². The van der Waals surface area contributed by atoms with E-state index in [1.807, 2.05) is 32.0 Å². The Morgan fingerprint density at radius 3 is 2.15 bits per heavy atom. The molecule has 182 valence electrons. The van der Waals surface area contributed by atoms with Gasteiger partial charge in [0.2, 0.25) is 0 Å². The molecule has 0 saturated heterocycles. The smallest absolute Gasteiger partial charge is 0.314 e. The summed E-state index contributed by atoms with van der Waals surface area (Å²) in [7, 11) is 6.92. The number of methoxy groups -OCH3 is 3. The fourth-order valence-electron chi connectivity index (χ4n) is 4.51. The number of carbonyl (C=O) groups is 1. The van der Waals surface area contributed by atoms with E-state index in [0.717, 1.165) is 42.8 Å². The number of benzene rings is 2. The predicted molar refractivity (Wildman–Crippen MR) is 132 cm³/mol. The largest absolute Gasteiger partial charge is 0.496 e. The Bertz CT molecular complexity index is 927. The van der Waals surface area contributed by atoms with Gasteiger partial charge in [-0.05, 0) is 80.6 Å². The van der Waals surface area contributed by atoms with Crippen LogP contribution in [0.5, 0.6) is 17.2 Å². The van der Waals surface area contributed by atoms with Crippen LogP contribution >= 0.6 is 0 Å². The highest BCUT2D eigenvalue weighted by molar-refractivity contribution is 5.82. The standard InChI is InChI=1S/C27H39NO5/c1-19(2)27(26(29)30,22-10-12-24(32-6)25(18-22)33-7)14-8-15-28(4)16-13-21-9-11-23(31-5)20(3)17-21/h9-12,17-19H,8,13-16H2,1-7H3,(H,29,30). The van der Waals surface area contributed by atoms with Crippen LogP contribution in [0, 0.1) is 12.8 Å². The Kier molecular flexibility index (Phi) is 9.59. The molecule has 0 radical (unpaired) electrons. The van der Waals surface area contributed by atoms with Crippen LogP contribution in [0.15, 0.2) is 36.4 Å². The molecule has 1 unspecified atom stereocenters. The normalized spacial score (nSPS) is 13.1. The van der Waals surface area contributed by atoms with Crippen molar-refractivity contribution in [3.8, 4) is 17.2 Å². The van der Waals surface area contributed by atoms with Crippen LogP contribution in [0.4, 0.5) is 0 Å². The van der Waals surface area contributed by atoms with Crippen molar-refractivity contribution >= 4 is 5.97 Å². The summed E-state index contributed by atoms with van der Waals surface area (Å²) in [5, 5.41) is 10.3. The van der Waals surface area contributed by atoms with Gasteiger partial charge in [0.05, 0.1) is 26.7 Å². The number of ether oxygens (including phenoxy) is 3. The van der Waals surface area contributed by atoms with Crippen molar-refractivity contribution in [2.24, 2.45) is 5.92 Å². The van der Waals surface area contributed by atoms with Gasteiger partial charge in [-0.3, -0.25) is 4.79 Å². The van der Waals surface area contributed by atoms with Crippen LogP contribution in [-0.2, 0) is 16.6 Å². The summed E-state index contributed by atoms with van der Waals surface area (Å²) in [5.74, 6) is 1.16. The lowest BCUT2D eigenvalue weighted by Gasteiger charge is -2.35. The van der Waals surface area contributed by atoms with Crippen molar-refractivity contribution in [3.05, 3.63) is 53.1 Å². The van der Waals surface area contributed by atoms with Crippen molar-refractivity contribution in [3.63, 3.8) is 0 Å². The number of nitrogens with zero attached hydrogens (tertiary/aromatic N) is 1. The van der Waals surface area contributed by atoms with E-state index in [2.05, 4.69) is 31.0 Å². The third-order valence-electron chi connectivity index (χ3n) is 6.62. The third-order valence-corrected chi connectivity index (χ3v) is 6.62. The van der Waals surface area contributed by atoms with E-state index in [1.165, 1.54) is 5.56 Å². The quantitative estimate of drug-likeness (QED) is 0.459. The lowest BCUT2D eigenvalue weighted by atomic mass is 9.68. The number of carboxylic acid groups (broad SMARTS) is 1. The van der Waals surface area contributed by atoms with Gasteiger partial charge in [0.25, 0.3) is 0 Å². The highest BCUT2D eigenvalue weighted by atomic mass is 16.5. The van der Waals surface area contributed by atoms with Crippen LogP contribution in [-0.4, -0.2) is 57.4 Å². The molecule has 0 fully saturated rings. The molecule has 0 spiro atoms. The zero-order valence-corrected chi connectivity index (χ0v) is 21.1. The highest BCUT2D eigenvalue weighted by Crippen LogP contribution is 2.41. The van der Waals surface area contributed by atoms with Gasteiger partial charge >= 0.3 is 5.97 Å². The van der Waals surface area contributed by atoms with E-state index in [4.69, 9.17) is 14.2 Å². The van der Waals surface area contributed by atoms with Crippen LogP contribution in [0.25, 0.3) is 0 Å². The van der Waals surface area contributed by atoms with E-state index in [0.29, 0.717) is 17.9 Å². The van der Waals surface area contributed by atoms with Crippen LogP contribution < -0.4 is 14.2 Å². The second kappa shape index (κ2) is 11.9. The van der Waals surface area contributed by atoms with Crippen molar-refractivity contribution < 1.29 is 24.1 Å². The molecule has 0 amide bonds. The zero-order chi connectivity index (χ0) is 24.6. The van der Waals surface area contributed by atoms with E-state index in [1.54, 1.807) is 27.4 Å². The Morgan fingerprint density at radius 2 is 1.61 bits per heavy atom. The molecule has 2 aromatic carbocycles. The second-order valence-electron chi connectivity index (χ2n) is 8.96. The third kappa shape index (κ3) is 6.20. The summed E-state index contributed by atoms with van der Waals surface area (Å²) in [5.41, 5.74) is 2.16. The summed E-state index contributed by atoms with van der Waals surface area (Å²) < 4.78 is 16.1. The first-order chi connectivity index (χ1) is 15.7. The summed E-state index contributed by atoms with van der Waals surface area (Å²) in [6.07, 6.45) is 2.25. The number of hydrogen-bond donors (Lipinski definition) is 1. The Morgan fingerprint density at radius 1 is 0.970 bits per heavy atom. The van der Waals surface area contributed by atoms with Gasteiger partial charge in [-0.1, -0.05) is 32.0 Å². The van der Waals surface area contributed by atoms with Crippen molar-refractivity contribution in [2.45, 2.75) is 45.4 Å². The number of rotatable bonds is 13. The molecule has 0 bridgehead atoms. The summed E-state index contributed by atoms with van der Waals surface area (Å²) >= 11 is 0. The summed E-state index contributed by atoms with van der Waals surface area (Å²) in [6.45, 7) is 7.73. The first kappa shape index (κ1) is 26.5. The lowest BCUT2D eigenvalue weighted by molar-refractivity contribution is -0.146. The Balaban J connectivity index is 2.08. The van der Waals surface area contributed by atoms with Gasteiger partial charge in [-0.25, -0.2) is 0 Å². The highest BCUT2D eigenvalue weighted by Gasteiger charge is 2.43. The monoisotopic (exact) mass is 457 g/mol. The predicted octanol–water partition coefficient (Wildman–Crippen LogP) is 4.95. The van der Waals surface area contributed by atoms with Gasteiger partial charge in [-0.2, -0.15) is 0 Å². The average Bonchev–Trinajstić information content (AvgIpc) is 2.79. The second-order valence-corrected chi connectivity index (χ2v) is 8.96.